The van der Waals surface area contributed by atoms with Crippen molar-refractivity contribution in [1.82, 2.24) is 0 Å². The highest BCUT2D eigenvalue weighted by Gasteiger charge is 2.62. The van der Waals surface area contributed by atoms with E-state index < -0.39 is 0 Å². The maximum atomic E-state index is 6.00. The van der Waals surface area contributed by atoms with Gasteiger partial charge in [-0.05, 0) is 124 Å². The van der Waals surface area contributed by atoms with Crippen LogP contribution in [0.3, 0.4) is 0 Å². The van der Waals surface area contributed by atoms with Crippen molar-refractivity contribution in [3.05, 3.63) is 11.6 Å². The molecule has 0 radical (unpaired) electrons. The van der Waals surface area contributed by atoms with Gasteiger partial charge in [0.05, 0.1) is 6.10 Å². The van der Waals surface area contributed by atoms with E-state index >= 15 is 0 Å². The quantitative estimate of drug-likeness (QED) is 0.395. The number of ether oxygens (including phenoxy) is 2. The molecule has 5 saturated carbocycles. The lowest BCUT2D eigenvalue weighted by atomic mass is 9.43. The third-order valence-corrected chi connectivity index (χ3v) is 10.7. The van der Waals surface area contributed by atoms with Crippen molar-refractivity contribution in [3.8, 4) is 0 Å². The van der Waals surface area contributed by atoms with Crippen LogP contribution in [0.2, 0.25) is 0 Å². The first-order valence-corrected chi connectivity index (χ1v) is 12.4. The molecule has 2 heteroatoms. The second kappa shape index (κ2) is 7.41. The van der Waals surface area contributed by atoms with Crippen LogP contribution in [0.25, 0.3) is 0 Å². The van der Waals surface area contributed by atoms with Gasteiger partial charge in [-0.15, -0.1) is 0 Å². The fourth-order valence-electron chi connectivity index (χ4n) is 9.53. The molecule has 0 aromatic rings. The minimum absolute atomic E-state index is 0.441. The molecule has 0 saturated heterocycles. The molecule has 5 aliphatic carbocycles. The van der Waals surface area contributed by atoms with Gasteiger partial charge >= 0.3 is 0 Å². The van der Waals surface area contributed by atoms with Crippen LogP contribution in [0.15, 0.2) is 11.6 Å². The van der Waals surface area contributed by atoms with Gasteiger partial charge in [0.25, 0.3) is 0 Å². The standard InChI is InChI=1S/C26H42O2/c1-4-18-6-5-13-26-15-12-23-21(24(26)10-9-22(18)26)8-7-19-16-20(28-17-27-3)11-14-25(19,23)2/h4,19-24H,5-17H2,1-3H3/t19-,20+,21?,22+,23?,24?,25-,26+/m0/s1. The molecular weight excluding hydrogens is 344 g/mol. The van der Waals surface area contributed by atoms with Crippen LogP contribution in [-0.4, -0.2) is 20.0 Å². The molecule has 0 N–H and O–H groups in total. The minimum Gasteiger partial charge on any atom is -0.359 e. The molecule has 5 fully saturated rings. The van der Waals surface area contributed by atoms with E-state index in [9.17, 15) is 0 Å². The summed E-state index contributed by atoms with van der Waals surface area (Å²) in [5.74, 6) is 4.87. The van der Waals surface area contributed by atoms with E-state index in [1.165, 1.54) is 77.0 Å². The SMILES string of the molecule is CC=C1CCC[C@]23CCC4C(CC[C@H]5C[C@H](OCOC)CC[C@]45C)C2CC[C@H]13. The Kier molecular flexibility index (Phi) is 5.19. The molecule has 28 heavy (non-hydrogen) atoms. The second-order valence-electron chi connectivity index (χ2n) is 11.2. The Morgan fingerprint density at radius 2 is 1.89 bits per heavy atom. The van der Waals surface area contributed by atoms with Crippen molar-refractivity contribution in [2.24, 2.45) is 40.4 Å². The molecule has 0 aromatic carbocycles. The summed E-state index contributed by atoms with van der Waals surface area (Å²) < 4.78 is 11.2. The fraction of sp³-hybridized carbons (Fsp3) is 0.923. The topological polar surface area (TPSA) is 18.5 Å². The molecule has 5 aliphatic rings. The van der Waals surface area contributed by atoms with E-state index in [1.54, 1.807) is 7.11 Å². The number of allylic oxidation sites excluding steroid dienone is 2. The van der Waals surface area contributed by atoms with E-state index in [0.29, 0.717) is 23.7 Å². The second-order valence-corrected chi connectivity index (χ2v) is 11.2. The smallest absolute Gasteiger partial charge is 0.146 e. The number of methoxy groups -OCH3 is 1. The molecule has 158 valence electrons. The highest BCUT2D eigenvalue weighted by Crippen LogP contribution is 2.70. The maximum absolute atomic E-state index is 6.00. The number of fused-ring (bicyclic) bond motifs is 4. The first kappa shape index (κ1) is 19.6. The van der Waals surface area contributed by atoms with Gasteiger partial charge in [-0.1, -0.05) is 18.6 Å². The van der Waals surface area contributed by atoms with E-state index in [4.69, 9.17) is 9.47 Å². The molecule has 0 heterocycles. The van der Waals surface area contributed by atoms with Gasteiger partial charge in [0.2, 0.25) is 0 Å². The van der Waals surface area contributed by atoms with Crippen molar-refractivity contribution in [1.29, 1.82) is 0 Å². The fourth-order valence-corrected chi connectivity index (χ4v) is 9.53. The zero-order valence-corrected chi connectivity index (χ0v) is 18.6. The molecule has 1 spiro atoms. The normalized spacial score (nSPS) is 51.9. The van der Waals surface area contributed by atoms with Crippen LogP contribution in [-0.2, 0) is 9.47 Å². The van der Waals surface area contributed by atoms with Crippen LogP contribution < -0.4 is 0 Å². The van der Waals surface area contributed by atoms with Gasteiger partial charge in [0, 0.05) is 7.11 Å². The first-order valence-electron chi connectivity index (χ1n) is 12.4. The molecule has 0 amide bonds. The van der Waals surface area contributed by atoms with E-state index in [-0.39, 0.29) is 0 Å². The van der Waals surface area contributed by atoms with Gasteiger partial charge in [-0.25, -0.2) is 0 Å². The largest absolute Gasteiger partial charge is 0.359 e. The molecule has 3 unspecified atom stereocenters. The maximum Gasteiger partial charge on any atom is 0.146 e. The molecule has 0 bridgehead atoms. The summed E-state index contributed by atoms with van der Waals surface area (Å²) in [4.78, 5) is 0. The lowest BCUT2D eigenvalue weighted by molar-refractivity contribution is -0.155. The van der Waals surface area contributed by atoms with Crippen LogP contribution in [0.1, 0.15) is 90.9 Å². The van der Waals surface area contributed by atoms with Gasteiger partial charge < -0.3 is 9.47 Å². The lowest BCUT2D eigenvalue weighted by Crippen LogP contribution is -2.55. The van der Waals surface area contributed by atoms with Crippen LogP contribution in [0.5, 0.6) is 0 Å². The van der Waals surface area contributed by atoms with E-state index in [2.05, 4.69) is 19.9 Å². The Hall–Kier alpha value is -0.340. The van der Waals surface area contributed by atoms with Crippen LogP contribution >= 0.6 is 0 Å². The Labute approximate surface area is 172 Å². The third-order valence-electron chi connectivity index (χ3n) is 10.7. The zero-order valence-electron chi connectivity index (χ0n) is 18.6. The lowest BCUT2D eigenvalue weighted by Gasteiger charge is -2.62. The summed E-state index contributed by atoms with van der Waals surface area (Å²) >= 11 is 0. The summed E-state index contributed by atoms with van der Waals surface area (Å²) in [6, 6.07) is 0. The van der Waals surface area contributed by atoms with Gasteiger partial charge in [-0.3, -0.25) is 0 Å². The molecular formula is C26H42O2. The molecule has 8 atom stereocenters. The summed E-state index contributed by atoms with van der Waals surface area (Å²) in [5, 5.41) is 0. The minimum atomic E-state index is 0.441. The summed E-state index contributed by atoms with van der Waals surface area (Å²) in [6.07, 6.45) is 20.3. The van der Waals surface area contributed by atoms with Crippen molar-refractivity contribution in [2.75, 3.05) is 13.9 Å². The monoisotopic (exact) mass is 386 g/mol. The number of hydrogen-bond donors (Lipinski definition) is 0. The Bertz CT molecular complexity index is 612. The molecule has 0 aliphatic heterocycles. The van der Waals surface area contributed by atoms with Gasteiger partial charge in [-0.2, -0.15) is 0 Å². The van der Waals surface area contributed by atoms with Crippen LogP contribution in [0.4, 0.5) is 0 Å². The first-order chi connectivity index (χ1) is 13.6. The number of rotatable bonds is 3. The Balaban J connectivity index is 1.36. The van der Waals surface area contributed by atoms with Gasteiger partial charge in [0.15, 0.2) is 0 Å². The Morgan fingerprint density at radius 1 is 1.00 bits per heavy atom. The summed E-state index contributed by atoms with van der Waals surface area (Å²) in [7, 11) is 1.75. The van der Waals surface area contributed by atoms with Crippen molar-refractivity contribution < 1.29 is 9.47 Å². The summed E-state index contributed by atoms with van der Waals surface area (Å²) in [6.45, 7) is 5.47. The predicted octanol–water partition coefficient (Wildman–Crippen LogP) is 6.74. The van der Waals surface area contributed by atoms with E-state index in [0.717, 1.165) is 29.6 Å². The highest BCUT2D eigenvalue weighted by atomic mass is 16.7. The third kappa shape index (κ3) is 2.80. The van der Waals surface area contributed by atoms with Crippen molar-refractivity contribution in [3.63, 3.8) is 0 Å². The molecule has 2 nitrogen and oxygen atoms in total. The molecule has 0 aromatic heterocycles. The highest BCUT2D eigenvalue weighted by molar-refractivity contribution is 5.21. The zero-order chi connectivity index (χ0) is 19.4. The average Bonchev–Trinajstić information content (AvgIpc) is 3.12. The average molecular weight is 387 g/mol. The number of hydrogen-bond acceptors (Lipinski definition) is 2. The van der Waals surface area contributed by atoms with Crippen molar-refractivity contribution >= 4 is 0 Å². The van der Waals surface area contributed by atoms with E-state index in [1.807, 2.05) is 5.57 Å². The van der Waals surface area contributed by atoms with Gasteiger partial charge in [0.1, 0.15) is 6.79 Å². The van der Waals surface area contributed by atoms with Crippen molar-refractivity contribution in [2.45, 2.75) is 97.0 Å². The van der Waals surface area contributed by atoms with Crippen LogP contribution in [0, 0.1) is 40.4 Å². The predicted molar refractivity (Wildman–Crippen MR) is 114 cm³/mol. The molecule has 5 rings (SSSR count). The summed E-state index contributed by atoms with van der Waals surface area (Å²) in [5.41, 5.74) is 3.11. The Morgan fingerprint density at radius 3 is 2.71 bits per heavy atom.